The first-order chi connectivity index (χ1) is 5.52. The average Bonchev–Trinajstić information content (AvgIpc) is 1.85. The predicted molar refractivity (Wildman–Crippen MR) is 51.2 cm³/mol. The van der Waals surface area contributed by atoms with Gasteiger partial charge in [0.05, 0.1) is 12.2 Å². The number of ether oxygens (including phenoxy) is 2. The molecule has 74 valence electrons. The lowest BCUT2D eigenvalue weighted by molar-refractivity contribution is -0.235. The van der Waals surface area contributed by atoms with Crippen molar-refractivity contribution in [1.82, 2.24) is 0 Å². The molecule has 1 atom stereocenters. The molecule has 0 N–H and O–H groups in total. The van der Waals surface area contributed by atoms with Crippen molar-refractivity contribution in [1.29, 1.82) is 0 Å². The van der Waals surface area contributed by atoms with Gasteiger partial charge in [0, 0.05) is 0 Å². The lowest BCUT2D eigenvalue weighted by Gasteiger charge is -2.34. The minimum absolute atomic E-state index is 0.0197. The van der Waals surface area contributed by atoms with Crippen LogP contribution >= 0.6 is 0 Å². The molecule has 1 saturated heterocycles. The second-order valence-electron chi connectivity index (χ2n) is 3.77. The van der Waals surface area contributed by atoms with Crippen LogP contribution in [0.25, 0.3) is 0 Å². The fraction of sp³-hybridized carbons (Fsp3) is 1.00. The van der Waals surface area contributed by atoms with E-state index in [4.69, 9.17) is 9.47 Å². The Hall–Kier alpha value is -0.0800. The normalized spacial score (nSPS) is 27.2. The van der Waals surface area contributed by atoms with E-state index in [0.717, 1.165) is 13.0 Å². The predicted octanol–water partition coefficient (Wildman–Crippen LogP) is 2.96. The van der Waals surface area contributed by atoms with Crippen LogP contribution < -0.4 is 0 Å². The van der Waals surface area contributed by atoms with Gasteiger partial charge in [-0.3, -0.25) is 0 Å². The van der Waals surface area contributed by atoms with E-state index in [0.29, 0.717) is 0 Å². The fourth-order valence-electron chi connectivity index (χ4n) is 1.01. The van der Waals surface area contributed by atoms with Gasteiger partial charge in [-0.15, -0.1) is 0 Å². The standard InChI is InChI=1S/C7H14O2.C3H8/c1-6-8-5-4-7(2,3)9-6;1-3-2/h6H,4-5H2,1-3H3;3H2,1-2H3. The zero-order valence-corrected chi connectivity index (χ0v) is 9.02. The Morgan fingerprint density at radius 1 is 1.33 bits per heavy atom. The molecular formula is C10H22O2. The topological polar surface area (TPSA) is 18.5 Å². The molecular weight excluding hydrogens is 152 g/mol. The van der Waals surface area contributed by atoms with Gasteiger partial charge in [-0.1, -0.05) is 20.3 Å². The van der Waals surface area contributed by atoms with Gasteiger partial charge in [-0.2, -0.15) is 0 Å². The molecule has 0 amide bonds. The van der Waals surface area contributed by atoms with Crippen molar-refractivity contribution >= 4 is 0 Å². The lowest BCUT2D eigenvalue weighted by Crippen LogP contribution is -2.37. The van der Waals surface area contributed by atoms with Crippen LogP contribution in [-0.4, -0.2) is 18.5 Å². The summed E-state index contributed by atoms with van der Waals surface area (Å²) in [6.07, 6.45) is 2.23. The molecule has 0 aromatic heterocycles. The molecule has 0 spiro atoms. The molecule has 1 rings (SSSR count). The molecule has 0 aromatic carbocycles. The summed E-state index contributed by atoms with van der Waals surface area (Å²) < 4.78 is 10.6. The second kappa shape index (κ2) is 5.55. The molecule has 0 radical (unpaired) electrons. The summed E-state index contributed by atoms with van der Waals surface area (Å²) in [5, 5.41) is 0. The number of hydrogen-bond donors (Lipinski definition) is 0. The monoisotopic (exact) mass is 174 g/mol. The highest BCUT2D eigenvalue weighted by molar-refractivity contribution is 4.71. The minimum atomic E-state index is -0.0197. The van der Waals surface area contributed by atoms with Crippen molar-refractivity contribution < 1.29 is 9.47 Å². The first-order valence-electron chi connectivity index (χ1n) is 4.81. The van der Waals surface area contributed by atoms with Crippen LogP contribution in [0.1, 0.15) is 47.5 Å². The third-order valence-corrected chi connectivity index (χ3v) is 1.54. The maximum Gasteiger partial charge on any atom is 0.155 e. The van der Waals surface area contributed by atoms with Crippen molar-refractivity contribution in [3.63, 3.8) is 0 Å². The maximum absolute atomic E-state index is 5.45. The van der Waals surface area contributed by atoms with Crippen molar-refractivity contribution in [3.05, 3.63) is 0 Å². The Kier molecular flexibility index (Phi) is 5.51. The van der Waals surface area contributed by atoms with Crippen LogP contribution in [0.5, 0.6) is 0 Å². The summed E-state index contributed by atoms with van der Waals surface area (Å²) in [5.74, 6) is 0. The summed E-state index contributed by atoms with van der Waals surface area (Å²) in [5.41, 5.74) is 0.0255. The Labute approximate surface area is 76.3 Å². The van der Waals surface area contributed by atoms with E-state index in [1.165, 1.54) is 6.42 Å². The smallest absolute Gasteiger partial charge is 0.155 e. The molecule has 1 fully saturated rings. The van der Waals surface area contributed by atoms with Crippen molar-refractivity contribution in [2.75, 3.05) is 6.61 Å². The third kappa shape index (κ3) is 5.56. The highest BCUT2D eigenvalue weighted by Gasteiger charge is 2.26. The molecule has 0 aliphatic carbocycles. The van der Waals surface area contributed by atoms with Crippen LogP contribution in [0.3, 0.4) is 0 Å². The fourth-order valence-corrected chi connectivity index (χ4v) is 1.01. The van der Waals surface area contributed by atoms with Crippen LogP contribution in [0.2, 0.25) is 0 Å². The van der Waals surface area contributed by atoms with E-state index in [-0.39, 0.29) is 11.9 Å². The number of hydrogen-bond acceptors (Lipinski definition) is 2. The Morgan fingerprint density at radius 3 is 2.08 bits per heavy atom. The first-order valence-corrected chi connectivity index (χ1v) is 4.81. The highest BCUT2D eigenvalue weighted by Crippen LogP contribution is 2.21. The van der Waals surface area contributed by atoms with Gasteiger partial charge >= 0.3 is 0 Å². The highest BCUT2D eigenvalue weighted by atomic mass is 16.7. The maximum atomic E-state index is 5.45. The van der Waals surface area contributed by atoms with Gasteiger partial charge in [0.15, 0.2) is 6.29 Å². The molecule has 0 bridgehead atoms. The zero-order chi connectivity index (χ0) is 9.61. The largest absolute Gasteiger partial charge is 0.353 e. The van der Waals surface area contributed by atoms with E-state index in [2.05, 4.69) is 27.7 Å². The van der Waals surface area contributed by atoms with Crippen LogP contribution in [0, 0.1) is 0 Å². The molecule has 2 heteroatoms. The van der Waals surface area contributed by atoms with Gasteiger partial charge in [-0.05, 0) is 27.2 Å². The SMILES string of the molecule is CC1OCCC(C)(C)O1.CCC. The molecule has 0 saturated carbocycles. The minimum Gasteiger partial charge on any atom is -0.353 e. The molecule has 1 aliphatic rings. The molecule has 2 nitrogen and oxygen atoms in total. The van der Waals surface area contributed by atoms with Gasteiger partial charge in [0.2, 0.25) is 0 Å². The summed E-state index contributed by atoms with van der Waals surface area (Å²) in [7, 11) is 0. The van der Waals surface area contributed by atoms with E-state index in [1.54, 1.807) is 0 Å². The van der Waals surface area contributed by atoms with Crippen LogP contribution in [0.15, 0.2) is 0 Å². The van der Waals surface area contributed by atoms with Gasteiger partial charge < -0.3 is 9.47 Å². The zero-order valence-electron chi connectivity index (χ0n) is 9.02. The molecule has 1 aliphatic heterocycles. The van der Waals surface area contributed by atoms with Crippen molar-refractivity contribution in [2.45, 2.75) is 59.4 Å². The van der Waals surface area contributed by atoms with E-state index in [1.807, 2.05) is 6.92 Å². The molecule has 12 heavy (non-hydrogen) atoms. The van der Waals surface area contributed by atoms with Crippen molar-refractivity contribution in [2.24, 2.45) is 0 Å². The van der Waals surface area contributed by atoms with Gasteiger partial charge in [-0.25, -0.2) is 0 Å². The third-order valence-electron chi connectivity index (χ3n) is 1.54. The van der Waals surface area contributed by atoms with Gasteiger partial charge in [0.25, 0.3) is 0 Å². The summed E-state index contributed by atoms with van der Waals surface area (Å²) in [4.78, 5) is 0. The van der Waals surface area contributed by atoms with Crippen LogP contribution in [0.4, 0.5) is 0 Å². The van der Waals surface area contributed by atoms with Gasteiger partial charge in [0.1, 0.15) is 0 Å². The quantitative estimate of drug-likeness (QED) is 0.562. The summed E-state index contributed by atoms with van der Waals surface area (Å²) in [6.45, 7) is 11.2. The van der Waals surface area contributed by atoms with E-state index >= 15 is 0 Å². The van der Waals surface area contributed by atoms with E-state index < -0.39 is 0 Å². The molecule has 0 aromatic rings. The second-order valence-corrected chi connectivity index (χ2v) is 3.77. The van der Waals surface area contributed by atoms with Crippen molar-refractivity contribution in [3.8, 4) is 0 Å². The summed E-state index contributed by atoms with van der Waals surface area (Å²) in [6, 6.07) is 0. The molecule has 1 heterocycles. The Balaban J connectivity index is 0.000000354. The Bertz CT molecular complexity index is 110. The van der Waals surface area contributed by atoms with Crippen LogP contribution in [-0.2, 0) is 9.47 Å². The van der Waals surface area contributed by atoms with E-state index in [9.17, 15) is 0 Å². The average molecular weight is 174 g/mol. The number of rotatable bonds is 0. The summed E-state index contributed by atoms with van der Waals surface area (Å²) >= 11 is 0. The molecule has 1 unspecified atom stereocenters. The lowest BCUT2D eigenvalue weighted by atomic mass is 10.1. The Morgan fingerprint density at radius 2 is 1.83 bits per heavy atom. The first kappa shape index (κ1) is 11.9.